The number of aliphatic hydroxyl groups excluding tert-OH is 8. The van der Waals surface area contributed by atoms with E-state index in [9.17, 15) is 40.9 Å². The summed E-state index contributed by atoms with van der Waals surface area (Å²) in [6.07, 6.45) is 4.14. The predicted octanol–water partition coefficient (Wildman–Crippen LogP) is 6.59. The molecule has 382 valence electrons. The van der Waals surface area contributed by atoms with Crippen LogP contribution in [-0.4, -0.2) is 135 Å². The van der Waals surface area contributed by atoms with E-state index in [2.05, 4.69) is 60.2 Å². The molecule has 0 aliphatic carbocycles. The number of fused-ring (bicyclic) bond motifs is 8. The van der Waals surface area contributed by atoms with Gasteiger partial charge in [-0.05, 0) is 110 Å². The molecule has 2 saturated heterocycles. The number of nitrogens with zero attached hydrogens (tertiary/aromatic N) is 2. The summed E-state index contributed by atoms with van der Waals surface area (Å²) < 4.78 is 23.2. The third-order valence-electron chi connectivity index (χ3n) is 14.0. The summed E-state index contributed by atoms with van der Waals surface area (Å²) in [6, 6.07) is 22.9. The minimum atomic E-state index is -1.57. The summed E-state index contributed by atoms with van der Waals surface area (Å²) >= 11 is 0. The number of aryl methyl sites for hydroxylation is 2. The zero-order chi connectivity index (χ0) is 50.5. The Morgan fingerprint density at radius 1 is 0.444 bits per heavy atom. The molecule has 5 aromatic rings. The molecule has 0 saturated carbocycles. The fourth-order valence-electron chi connectivity index (χ4n) is 9.91. The van der Waals surface area contributed by atoms with Crippen molar-refractivity contribution >= 4 is 46.4 Å². The van der Waals surface area contributed by atoms with Crippen molar-refractivity contribution in [2.24, 2.45) is 0 Å². The Labute approximate surface area is 417 Å². The molecular formula is C56H66N4O12. The maximum atomic E-state index is 10.7. The van der Waals surface area contributed by atoms with Gasteiger partial charge in [-0.25, -0.2) is 9.97 Å². The van der Waals surface area contributed by atoms with Crippen LogP contribution in [0.25, 0.3) is 68.6 Å². The Bertz CT molecular complexity index is 2680. The number of H-pyrrole nitrogens is 2. The van der Waals surface area contributed by atoms with E-state index in [0.717, 1.165) is 142 Å². The quantitative estimate of drug-likeness (QED) is 0.0407. The number of benzene rings is 2. The largest absolute Gasteiger partial charge is 0.462 e. The van der Waals surface area contributed by atoms with Gasteiger partial charge in [0.2, 0.25) is 12.6 Å². The fraction of sp³-hybridized carbons (Fsp3) is 0.429. The molecule has 16 heteroatoms. The molecule has 10 atom stereocenters. The van der Waals surface area contributed by atoms with Crippen LogP contribution in [0, 0.1) is 0 Å². The van der Waals surface area contributed by atoms with Gasteiger partial charge < -0.3 is 69.8 Å². The van der Waals surface area contributed by atoms with Crippen LogP contribution >= 0.6 is 0 Å². The second-order valence-corrected chi connectivity index (χ2v) is 19.0. The maximum absolute atomic E-state index is 10.7. The van der Waals surface area contributed by atoms with Crippen molar-refractivity contribution in [2.45, 2.75) is 139 Å². The molecule has 0 radical (unpaired) electrons. The van der Waals surface area contributed by atoms with Crippen molar-refractivity contribution in [1.82, 2.24) is 19.9 Å². The van der Waals surface area contributed by atoms with Crippen LogP contribution in [0.5, 0.6) is 11.5 Å². The van der Waals surface area contributed by atoms with Crippen molar-refractivity contribution in [2.75, 3.05) is 13.2 Å². The van der Waals surface area contributed by atoms with E-state index in [-0.39, 0.29) is 0 Å². The average molecular weight is 987 g/mol. The average Bonchev–Trinajstić information content (AvgIpc) is 4.26. The lowest BCUT2D eigenvalue weighted by molar-refractivity contribution is -0.277. The van der Waals surface area contributed by atoms with Crippen LogP contribution in [0.1, 0.15) is 99.1 Å². The number of aliphatic hydroxyl groups is 8. The van der Waals surface area contributed by atoms with Gasteiger partial charge in [0, 0.05) is 44.3 Å². The van der Waals surface area contributed by atoms with Gasteiger partial charge in [0.25, 0.3) is 0 Å². The third-order valence-corrected chi connectivity index (χ3v) is 14.0. The highest BCUT2D eigenvalue weighted by atomic mass is 16.7. The molecule has 4 aliphatic heterocycles. The van der Waals surface area contributed by atoms with Crippen LogP contribution in [0.4, 0.5) is 0 Å². The van der Waals surface area contributed by atoms with E-state index in [4.69, 9.17) is 28.9 Å². The van der Waals surface area contributed by atoms with Crippen molar-refractivity contribution in [1.29, 1.82) is 0 Å². The first-order chi connectivity index (χ1) is 35.0. The molecule has 10 N–H and O–H groups in total. The van der Waals surface area contributed by atoms with E-state index in [1.807, 2.05) is 36.4 Å². The number of nitrogens with one attached hydrogen (secondary N) is 2. The van der Waals surface area contributed by atoms with Gasteiger partial charge in [0.1, 0.15) is 60.3 Å². The summed E-state index contributed by atoms with van der Waals surface area (Å²) in [5.41, 5.74) is 12.2. The van der Waals surface area contributed by atoms with Crippen molar-refractivity contribution in [3.05, 3.63) is 107 Å². The van der Waals surface area contributed by atoms with Gasteiger partial charge in [-0.1, -0.05) is 76.6 Å². The number of aromatic amines is 2. The molecule has 4 aliphatic rings. The lowest BCUT2D eigenvalue weighted by atomic mass is 9.99. The normalized spacial score (nSPS) is 25.0. The molecule has 2 fully saturated rings. The second kappa shape index (κ2) is 23.0. The molecule has 72 heavy (non-hydrogen) atoms. The first-order valence-corrected chi connectivity index (χ1v) is 25.3. The first-order valence-electron chi connectivity index (χ1n) is 25.3. The molecule has 7 heterocycles. The van der Waals surface area contributed by atoms with E-state index in [0.29, 0.717) is 11.5 Å². The van der Waals surface area contributed by atoms with Crippen molar-refractivity contribution in [3.8, 4) is 33.8 Å². The molecule has 7 unspecified atom stereocenters. The van der Waals surface area contributed by atoms with Crippen LogP contribution in [0.3, 0.4) is 0 Å². The Morgan fingerprint density at radius 2 is 0.819 bits per heavy atom. The predicted molar refractivity (Wildman–Crippen MR) is 274 cm³/mol. The number of ether oxygens (including phenoxy) is 4. The fourth-order valence-corrected chi connectivity index (χ4v) is 9.91. The number of hydrogen-bond acceptors (Lipinski definition) is 14. The summed E-state index contributed by atoms with van der Waals surface area (Å²) in [4.78, 5) is 18.3. The minimum Gasteiger partial charge on any atom is -0.462 e. The van der Waals surface area contributed by atoms with Crippen molar-refractivity contribution < 1.29 is 59.8 Å². The van der Waals surface area contributed by atoms with E-state index in [1.54, 1.807) is 24.3 Å². The Balaban J connectivity index is 1.18. The van der Waals surface area contributed by atoms with Gasteiger partial charge in [0.05, 0.1) is 36.0 Å². The standard InChI is InChI=1S/C56H66N4O12/c1-3-5-7-9-11-35-37-21-25-41(57-37)47(31-13-17-33(18-14-31)69-55-53(67)51(65)49(63)45(29-61)71-55)43-27-23-39(59-43)36(12-10-8-6-4-2)40-24-28-44(60-40)48(42-26-22-38(35)58-42)32-15-19-34(20-16-32)70-56-54(68)52(66)50(64)46(30-62)72-56/h13-28,45-46,49-57,60-68H,3-12,29-30H2,1-2H3/t45?,46?,49-,50?,51?,52?,53?,54-,55-,56?/m1/s1. The Hall–Kier alpha value is -5.76. The highest BCUT2D eigenvalue weighted by Crippen LogP contribution is 2.37. The Kier molecular flexibility index (Phi) is 16.3. The van der Waals surface area contributed by atoms with Crippen LogP contribution in [0.15, 0.2) is 72.8 Å². The van der Waals surface area contributed by atoms with E-state index < -0.39 is 74.6 Å². The van der Waals surface area contributed by atoms with Gasteiger partial charge in [-0.2, -0.15) is 0 Å². The molecule has 16 nitrogen and oxygen atoms in total. The zero-order valence-electron chi connectivity index (χ0n) is 40.6. The van der Waals surface area contributed by atoms with Gasteiger partial charge in [-0.15, -0.1) is 0 Å². The van der Waals surface area contributed by atoms with Crippen LogP contribution in [0.2, 0.25) is 0 Å². The number of rotatable bonds is 18. The molecule has 9 rings (SSSR count). The number of aromatic nitrogens is 4. The van der Waals surface area contributed by atoms with E-state index >= 15 is 0 Å². The van der Waals surface area contributed by atoms with Gasteiger partial charge in [0.15, 0.2) is 0 Å². The summed E-state index contributed by atoms with van der Waals surface area (Å²) in [5.74, 6) is 0.694. The Morgan fingerprint density at radius 3 is 1.19 bits per heavy atom. The van der Waals surface area contributed by atoms with Crippen molar-refractivity contribution in [3.63, 3.8) is 0 Å². The molecule has 3 aromatic heterocycles. The SMILES string of the molecule is CCCCCCc1c2nc(c(-c3ccc(O[C@@H]4OC(CO)[C@@H](O)C(O)C4O)cc3)c3ccc([nH]3)c(CCCCCC)c3nc(c(-c4ccc(OC5OC(CO)C(O)C(O)[C@H]5O)cc4)c4ccc1[nH]4)C=C3)C=C2. The van der Waals surface area contributed by atoms with E-state index in [1.165, 1.54) is 0 Å². The monoisotopic (exact) mass is 986 g/mol. The van der Waals surface area contributed by atoms with Crippen LogP contribution in [-0.2, 0) is 22.3 Å². The molecule has 2 aromatic carbocycles. The summed E-state index contributed by atoms with van der Waals surface area (Å²) in [7, 11) is 0. The summed E-state index contributed by atoms with van der Waals surface area (Å²) in [6.45, 7) is 3.26. The van der Waals surface area contributed by atoms with Crippen LogP contribution < -0.4 is 9.47 Å². The second-order valence-electron chi connectivity index (χ2n) is 19.0. The highest BCUT2D eigenvalue weighted by molar-refractivity contribution is 5.94. The zero-order valence-corrected chi connectivity index (χ0v) is 40.6. The summed E-state index contributed by atoms with van der Waals surface area (Å²) in [5, 5.41) is 82.2. The topological polar surface area (TPSA) is 256 Å². The highest BCUT2D eigenvalue weighted by Gasteiger charge is 2.46. The third kappa shape index (κ3) is 10.8. The minimum absolute atomic E-state index is 0.347. The lowest BCUT2D eigenvalue weighted by Crippen LogP contribution is -2.60. The van der Waals surface area contributed by atoms with Gasteiger partial charge in [-0.3, -0.25) is 0 Å². The smallest absolute Gasteiger partial charge is 0.229 e. The number of unbranched alkanes of at least 4 members (excludes halogenated alkanes) is 6. The molecule has 0 spiro atoms. The molecular weight excluding hydrogens is 921 g/mol. The number of hydrogen-bond donors (Lipinski definition) is 10. The van der Waals surface area contributed by atoms with Gasteiger partial charge >= 0.3 is 0 Å². The lowest BCUT2D eigenvalue weighted by Gasteiger charge is -2.39. The maximum Gasteiger partial charge on any atom is 0.229 e. The molecule has 0 amide bonds. The molecule has 8 bridgehead atoms. The first kappa shape index (κ1) is 51.2.